The van der Waals surface area contributed by atoms with Crippen LogP contribution in [0.25, 0.3) is 21.8 Å². The van der Waals surface area contributed by atoms with Crippen LogP contribution in [0.2, 0.25) is 0 Å². The summed E-state index contributed by atoms with van der Waals surface area (Å²) in [5, 5.41) is 12.5. The standard InChI is InChI=1S/C23H24N4.C12H6Br2N2.2CHF3O3S.3CO.Re/c1-26(2)21-9-5-18(6-10-21)23(17-24,20-13-15-25-16-14-20)19-7-11-22(12-8-19)27(3)4;13-9-7-3-1-5-15-11(7)12-8(10(9)14)4-2-6-16-12;2*2-1(3,4)8(5,6)7;3*1-2;/h5-16H,1-4H3;1-6H;2*(H,5,6,7);;;;/p-2. The van der Waals surface area contributed by atoms with Crippen molar-refractivity contribution < 1.29 is 86.7 Å². The maximum atomic E-state index is 10.7. The van der Waals surface area contributed by atoms with Gasteiger partial charge in [-0.15, -0.1) is 0 Å². The molecule has 0 atom stereocenters. The molecule has 1 radical (unpaired) electrons. The van der Waals surface area contributed by atoms with Crippen molar-refractivity contribution in [3.8, 4) is 6.07 Å². The van der Waals surface area contributed by atoms with Gasteiger partial charge in [-0.1, -0.05) is 36.4 Å². The van der Waals surface area contributed by atoms with E-state index in [4.69, 9.17) is 39.9 Å². The van der Waals surface area contributed by atoms with Crippen molar-refractivity contribution in [1.29, 1.82) is 5.26 Å². The summed E-state index contributed by atoms with van der Waals surface area (Å²) in [5.74, 6) is 0. The molecule has 6 aromatic rings. The molecule has 3 aromatic heterocycles. The molecule has 0 aliphatic heterocycles. The van der Waals surface area contributed by atoms with Gasteiger partial charge in [0, 0.05) is 104 Å². The van der Waals surface area contributed by atoms with Gasteiger partial charge in [0.25, 0.3) is 0 Å². The van der Waals surface area contributed by atoms with Gasteiger partial charge in [0.05, 0.1) is 17.1 Å². The second kappa shape index (κ2) is 28.2. The second-order valence-electron chi connectivity index (χ2n) is 12.2. The summed E-state index contributed by atoms with van der Waals surface area (Å²) in [6.45, 7) is 13.5. The van der Waals surface area contributed by atoms with Gasteiger partial charge in [0.15, 0.2) is 20.2 Å². The Morgan fingerprint density at radius 1 is 0.576 bits per heavy atom. The monoisotopic (exact) mass is 1260 g/mol. The van der Waals surface area contributed by atoms with Gasteiger partial charge in [0.2, 0.25) is 0 Å². The van der Waals surface area contributed by atoms with Crippen LogP contribution in [0.15, 0.2) is 119 Å². The van der Waals surface area contributed by atoms with E-state index in [0.29, 0.717) is 0 Å². The van der Waals surface area contributed by atoms with Gasteiger partial charge in [-0.05, 0) is 97.1 Å². The van der Waals surface area contributed by atoms with E-state index in [0.717, 1.165) is 58.8 Å². The van der Waals surface area contributed by atoms with Crippen LogP contribution in [0, 0.1) is 31.3 Å². The van der Waals surface area contributed by atoms with Gasteiger partial charge < -0.3 is 18.9 Å². The third kappa shape index (κ3) is 17.0. The first kappa shape index (κ1) is 63.0. The molecule has 15 nitrogen and oxygen atoms in total. The molecule has 0 amide bonds. The van der Waals surface area contributed by atoms with Crippen LogP contribution in [0.3, 0.4) is 0 Å². The summed E-state index contributed by atoms with van der Waals surface area (Å²) in [7, 11) is -4.14. The number of fused-ring (bicyclic) bond motifs is 3. The number of hydrogen-bond acceptors (Lipinski definition) is 12. The molecule has 26 heteroatoms. The fourth-order valence-electron chi connectivity index (χ4n) is 5.09. The minimum atomic E-state index is -6.09. The van der Waals surface area contributed by atoms with E-state index in [2.05, 4.69) is 107 Å². The van der Waals surface area contributed by atoms with Crippen LogP contribution in [0.1, 0.15) is 16.7 Å². The Hall–Kier alpha value is -5.04. The topological polar surface area (TPSA) is 243 Å². The van der Waals surface area contributed by atoms with E-state index in [9.17, 15) is 31.6 Å². The van der Waals surface area contributed by atoms with Gasteiger partial charge in [-0.2, -0.15) is 31.6 Å². The predicted octanol–water partition coefficient (Wildman–Crippen LogP) is 8.37. The van der Waals surface area contributed by atoms with Gasteiger partial charge in [0.1, 0.15) is 5.41 Å². The smallest absolute Gasteiger partial charge is 0 e. The number of rotatable bonds is 5. The van der Waals surface area contributed by atoms with Gasteiger partial charge in [-0.25, -0.2) is 16.8 Å². The van der Waals surface area contributed by atoms with Crippen LogP contribution >= 0.6 is 31.9 Å². The normalized spacial score (nSPS) is 10.7. The Kier molecular flexibility index (Phi) is 26.9. The first-order valence-corrected chi connectivity index (χ1v) is 21.2. The molecular formula is C40H30Br2F6N6O9ReS2-2. The number of alkyl halides is 6. The Morgan fingerprint density at radius 3 is 1.09 bits per heavy atom. The van der Waals surface area contributed by atoms with Crippen LogP contribution in [0.4, 0.5) is 37.7 Å². The third-order valence-corrected chi connectivity index (χ3v) is 11.3. The molecule has 3 aromatic carbocycles. The fourth-order valence-corrected chi connectivity index (χ4v) is 6.16. The van der Waals surface area contributed by atoms with Crippen LogP contribution in [-0.4, -0.2) is 80.1 Å². The molecule has 351 valence electrons. The zero-order chi connectivity index (χ0) is 50.6. The molecule has 0 bridgehead atoms. The van der Waals surface area contributed by atoms with Crippen LogP contribution in [-0.2, 0) is 60.0 Å². The molecule has 6 rings (SSSR count). The Morgan fingerprint density at radius 2 is 0.848 bits per heavy atom. The molecule has 0 aliphatic carbocycles. The molecule has 0 N–H and O–H groups in total. The van der Waals surface area contributed by atoms with E-state index < -0.39 is 36.7 Å². The van der Waals surface area contributed by atoms with Crippen molar-refractivity contribution in [2.45, 2.75) is 16.4 Å². The minimum absolute atomic E-state index is 0. The van der Waals surface area contributed by atoms with E-state index in [-0.39, 0.29) is 20.4 Å². The molecule has 0 aliphatic rings. The zero-order valence-electron chi connectivity index (χ0n) is 34.0. The summed E-state index contributed by atoms with van der Waals surface area (Å²) in [5.41, 5.74) is -5.33. The van der Waals surface area contributed by atoms with E-state index in [1.807, 2.05) is 88.9 Å². The van der Waals surface area contributed by atoms with Crippen LogP contribution in [0.5, 0.6) is 0 Å². The Labute approximate surface area is 405 Å². The van der Waals surface area contributed by atoms with Crippen molar-refractivity contribution in [2.75, 3.05) is 38.0 Å². The summed E-state index contributed by atoms with van der Waals surface area (Å²) in [6.07, 6.45) is 7.06. The summed E-state index contributed by atoms with van der Waals surface area (Å²) in [6, 6.07) is 30.7. The number of nitrogens with zero attached hydrogens (tertiary/aromatic N) is 6. The summed E-state index contributed by atoms with van der Waals surface area (Å²) in [4.78, 5) is 17.0. The molecule has 0 saturated heterocycles. The van der Waals surface area contributed by atoms with E-state index in [1.54, 1.807) is 24.8 Å². The molecule has 3 heterocycles. The van der Waals surface area contributed by atoms with Crippen molar-refractivity contribution in [3.63, 3.8) is 0 Å². The molecule has 66 heavy (non-hydrogen) atoms. The molecule has 0 saturated carbocycles. The average Bonchev–Trinajstić information content (AvgIpc) is 3.28. The first-order valence-electron chi connectivity index (χ1n) is 16.8. The van der Waals surface area contributed by atoms with Crippen molar-refractivity contribution in [2.24, 2.45) is 0 Å². The number of aromatic nitrogens is 3. The average molecular weight is 1260 g/mol. The SMILES string of the molecule is Brc1c(Br)c2cccnc2c2ncccc12.CN(C)c1ccc(C(C#N)(c2ccncc2)c2ccc(N(C)C)cc2)cc1.O=S(=O)([O-])C(F)(F)F.O=S(=O)([O-])C(F)(F)F.[C-]#[O+].[C-]#[O+].[C-]#[O+].[Re]. The third-order valence-electron chi connectivity index (χ3n) is 7.99. The van der Waals surface area contributed by atoms with E-state index in [1.165, 1.54) is 0 Å². The van der Waals surface area contributed by atoms with Gasteiger partial charge in [-0.3, -0.25) is 15.0 Å². The fraction of sp³-hybridized carbons (Fsp3) is 0.175. The molecule has 0 fully saturated rings. The van der Waals surface area contributed by atoms with Crippen molar-refractivity contribution >= 4 is 85.3 Å². The number of pyridine rings is 3. The first-order chi connectivity index (χ1) is 30.3. The molecule has 0 unspecified atom stereocenters. The maximum absolute atomic E-state index is 10.7. The van der Waals surface area contributed by atoms with Crippen molar-refractivity contribution in [3.05, 3.63) is 155 Å². The van der Waals surface area contributed by atoms with E-state index >= 15 is 0 Å². The zero-order valence-corrected chi connectivity index (χ0v) is 41.5. The van der Waals surface area contributed by atoms with Gasteiger partial charge >= 0.3 is 44.9 Å². The van der Waals surface area contributed by atoms with Crippen molar-refractivity contribution in [1.82, 2.24) is 15.0 Å². The molecular weight excluding hydrogens is 1230 g/mol. The predicted molar refractivity (Wildman–Crippen MR) is 227 cm³/mol. The largest absolute Gasteiger partial charge is 0 e. The maximum Gasteiger partial charge on any atom is 0 e. The van der Waals surface area contributed by atoms with Crippen LogP contribution < -0.4 is 9.80 Å². The summed E-state index contributed by atoms with van der Waals surface area (Å²) < 4.78 is 142. The minimum Gasteiger partial charge on any atom is 0 e. The number of nitriles is 1. The number of anilines is 2. The number of hydrogen-bond donors (Lipinski definition) is 0. The summed E-state index contributed by atoms with van der Waals surface area (Å²) >= 11 is 7.17. The second-order valence-corrected chi connectivity index (χ2v) is 16.5. The number of halogens is 8. The Bertz CT molecular complexity index is 2630. The quantitative estimate of drug-likeness (QED) is 0.0395. The Balaban J connectivity index is 0. The molecule has 0 spiro atoms. The number of benzene rings is 3.